The number of anilines is 2. The van der Waals surface area contributed by atoms with E-state index in [2.05, 4.69) is 15.2 Å². The molecule has 148 valence electrons. The van der Waals surface area contributed by atoms with Gasteiger partial charge in [-0.25, -0.2) is 4.79 Å². The Bertz CT molecular complexity index is 914. The van der Waals surface area contributed by atoms with Crippen LogP contribution >= 0.6 is 11.6 Å². The summed E-state index contributed by atoms with van der Waals surface area (Å²) in [5.74, 6) is -0.0248. The Hall–Kier alpha value is -2.94. The average molecular weight is 405 g/mol. The average Bonchev–Trinajstić information content (AvgIpc) is 2.62. The van der Waals surface area contributed by atoms with Crippen LogP contribution in [0.25, 0.3) is 11.3 Å². The fourth-order valence-electron chi connectivity index (χ4n) is 2.75. The van der Waals surface area contributed by atoms with Crippen molar-refractivity contribution in [1.82, 2.24) is 20.1 Å². The number of carbonyl (C=O) groups excluding carboxylic acids is 2. The van der Waals surface area contributed by atoms with Gasteiger partial charge in [-0.1, -0.05) is 11.6 Å². The van der Waals surface area contributed by atoms with Crippen molar-refractivity contribution in [2.75, 3.05) is 30.3 Å². The maximum Gasteiger partial charge on any atom is 0.410 e. The highest BCUT2D eigenvalue weighted by molar-refractivity contribution is 6.29. The number of carbonyl (C=O) groups is 2. The molecular formula is C18H21ClN6O3. The van der Waals surface area contributed by atoms with E-state index >= 15 is 0 Å². The van der Waals surface area contributed by atoms with Crippen LogP contribution in [0.2, 0.25) is 5.15 Å². The van der Waals surface area contributed by atoms with Crippen LogP contribution in [0, 0.1) is 0 Å². The van der Waals surface area contributed by atoms with E-state index in [0.717, 1.165) is 0 Å². The highest BCUT2D eigenvalue weighted by atomic mass is 35.5. The lowest BCUT2D eigenvalue weighted by molar-refractivity contribution is -0.121. The minimum atomic E-state index is -0.614. The Balaban J connectivity index is 1.78. The predicted molar refractivity (Wildman–Crippen MR) is 105 cm³/mol. The quantitative estimate of drug-likeness (QED) is 0.816. The van der Waals surface area contributed by atoms with Crippen molar-refractivity contribution in [3.8, 4) is 11.3 Å². The second-order valence-corrected chi connectivity index (χ2v) is 7.70. The largest absolute Gasteiger partial charge is 0.444 e. The molecule has 1 fully saturated rings. The molecule has 2 amide bonds. The molecule has 0 spiro atoms. The molecule has 28 heavy (non-hydrogen) atoms. The first kappa shape index (κ1) is 19.8. The maximum absolute atomic E-state index is 12.6. The van der Waals surface area contributed by atoms with Crippen LogP contribution in [0.15, 0.2) is 24.4 Å². The van der Waals surface area contributed by atoms with E-state index in [4.69, 9.17) is 22.1 Å². The van der Waals surface area contributed by atoms with Gasteiger partial charge >= 0.3 is 6.09 Å². The Morgan fingerprint density at radius 2 is 2.00 bits per heavy atom. The summed E-state index contributed by atoms with van der Waals surface area (Å²) < 4.78 is 5.33. The van der Waals surface area contributed by atoms with E-state index in [-0.39, 0.29) is 23.4 Å². The number of nitrogen functional groups attached to an aromatic ring is 1. The van der Waals surface area contributed by atoms with E-state index in [9.17, 15) is 9.59 Å². The highest BCUT2D eigenvalue weighted by Gasteiger charge is 2.31. The SMILES string of the molecule is CC(C)(C)OC(=O)N1CCN(c2ccnc(-c3cc(Cl)nnc3N)c2)C(=O)C1. The Morgan fingerprint density at radius 3 is 2.68 bits per heavy atom. The molecule has 2 aromatic rings. The van der Waals surface area contributed by atoms with Crippen molar-refractivity contribution in [2.24, 2.45) is 0 Å². The van der Waals surface area contributed by atoms with E-state index in [1.807, 2.05) is 0 Å². The number of aromatic nitrogens is 3. The first-order valence-corrected chi connectivity index (χ1v) is 9.05. The van der Waals surface area contributed by atoms with Gasteiger partial charge in [0.05, 0.1) is 5.69 Å². The van der Waals surface area contributed by atoms with E-state index in [1.54, 1.807) is 50.1 Å². The van der Waals surface area contributed by atoms with Crippen LogP contribution in [-0.2, 0) is 9.53 Å². The number of ether oxygens (including phenoxy) is 1. The fraction of sp³-hybridized carbons (Fsp3) is 0.389. The standard InChI is InChI=1S/C18H21ClN6O3/c1-18(2,3)28-17(27)24-6-7-25(15(26)10-24)11-4-5-21-13(8-11)12-9-14(19)22-23-16(12)20/h4-5,8-9H,6-7,10H2,1-3H3,(H2,20,23). The third-order valence-electron chi connectivity index (χ3n) is 4.00. The van der Waals surface area contributed by atoms with Gasteiger partial charge < -0.3 is 15.4 Å². The Morgan fingerprint density at radius 1 is 1.25 bits per heavy atom. The predicted octanol–water partition coefficient (Wildman–Crippen LogP) is 2.36. The molecule has 0 aromatic carbocycles. The third-order valence-corrected chi connectivity index (χ3v) is 4.18. The summed E-state index contributed by atoms with van der Waals surface area (Å²) in [6, 6.07) is 5.01. The summed E-state index contributed by atoms with van der Waals surface area (Å²) in [5, 5.41) is 7.67. The van der Waals surface area contributed by atoms with Crippen molar-refractivity contribution in [2.45, 2.75) is 26.4 Å². The van der Waals surface area contributed by atoms with Gasteiger partial charge in [0.25, 0.3) is 0 Å². The Kier molecular flexibility index (Phi) is 5.37. The molecule has 1 aliphatic rings. The molecule has 0 atom stereocenters. The summed E-state index contributed by atoms with van der Waals surface area (Å²) in [5.41, 5.74) is 6.95. The van der Waals surface area contributed by atoms with Gasteiger partial charge in [-0.05, 0) is 39.0 Å². The first-order chi connectivity index (χ1) is 13.1. The van der Waals surface area contributed by atoms with Crippen LogP contribution in [0.1, 0.15) is 20.8 Å². The lowest BCUT2D eigenvalue weighted by Gasteiger charge is -2.35. The van der Waals surface area contributed by atoms with E-state index in [0.29, 0.717) is 30.0 Å². The molecule has 1 saturated heterocycles. The van der Waals surface area contributed by atoms with Gasteiger partial charge in [0.1, 0.15) is 12.1 Å². The van der Waals surface area contributed by atoms with Crippen molar-refractivity contribution in [3.05, 3.63) is 29.5 Å². The monoisotopic (exact) mass is 404 g/mol. The minimum Gasteiger partial charge on any atom is -0.444 e. The van der Waals surface area contributed by atoms with Crippen molar-refractivity contribution in [3.63, 3.8) is 0 Å². The van der Waals surface area contributed by atoms with Gasteiger partial charge in [-0.3, -0.25) is 14.7 Å². The van der Waals surface area contributed by atoms with Crippen LogP contribution in [-0.4, -0.2) is 57.3 Å². The zero-order valence-corrected chi connectivity index (χ0v) is 16.6. The number of halogens is 1. The summed E-state index contributed by atoms with van der Waals surface area (Å²) >= 11 is 5.90. The number of piperazine rings is 1. The van der Waals surface area contributed by atoms with E-state index in [1.165, 1.54) is 4.90 Å². The number of hydrogen-bond donors (Lipinski definition) is 1. The van der Waals surface area contributed by atoms with Gasteiger partial charge in [0.2, 0.25) is 5.91 Å². The molecule has 9 nitrogen and oxygen atoms in total. The smallest absolute Gasteiger partial charge is 0.410 e. The zero-order valence-electron chi connectivity index (χ0n) is 15.8. The second kappa shape index (κ2) is 7.59. The summed E-state index contributed by atoms with van der Waals surface area (Å²) in [6.45, 7) is 6.00. The first-order valence-electron chi connectivity index (χ1n) is 8.67. The highest BCUT2D eigenvalue weighted by Crippen LogP contribution is 2.28. The zero-order chi connectivity index (χ0) is 20.5. The number of amides is 2. The molecule has 0 aliphatic carbocycles. The van der Waals surface area contributed by atoms with Crippen molar-refractivity contribution >= 4 is 35.1 Å². The van der Waals surface area contributed by atoms with Crippen LogP contribution < -0.4 is 10.6 Å². The van der Waals surface area contributed by atoms with Gasteiger partial charge in [0.15, 0.2) is 11.0 Å². The van der Waals surface area contributed by atoms with Crippen molar-refractivity contribution in [1.29, 1.82) is 0 Å². The van der Waals surface area contributed by atoms with Gasteiger partial charge in [-0.15, -0.1) is 10.2 Å². The number of hydrogen-bond acceptors (Lipinski definition) is 7. The number of rotatable bonds is 2. The lowest BCUT2D eigenvalue weighted by Crippen LogP contribution is -2.53. The molecule has 1 aliphatic heterocycles. The molecular weight excluding hydrogens is 384 g/mol. The third kappa shape index (κ3) is 4.48. The molecule has 2 aromatic heterocycles. The summed E-state index contributed by atoms with van der Waals surface area (Å²) in [4.78, 5) is 32.1. The Labute approximate surface area is 167 Å². The van der Waals surface area contributed by atoms with Crippen LogP contribution in [0.3, 0.4) is 0 Å². The summed E-state index contributed by atoms with van der Waals surface area (Å²) in [6.07, 6.45) is 1.08. The van der Waals surface area contributed by atoms with E-state index < -0.39 is 11.7 Å². The van der Waals surface area contributed by atoms with Crippen LogP contribution in [0.4, 0.5) is 16.3 Å². The normalized spacial score (nSPS) is 14.9. The minimum absolute atomic E-state index is 0.0582. The molecule has 2 N–H and O–H groups in total. The maximum atomic E-state index is 12.6. The molecule has 0 unspecified atom stereocenters. The van der Waals surface area contributed by atoms with Gasteiger partial charge in [-0.2, -0.15) is 0 Å². The fourth-order valence-corrected chi connectivity index (χ4v) is 2.89. The number of nitrogens with two attached hydrogens (primary N) is 1. The molecule has 0 bridgehead atoms. The molecule has 3 rings (SSSR count). The summed E-state index contributed by atoms with van der Waals surface area (Å²) in [7, 11) is 0. The second-order valence-electron chi connectivity index (χ2n) is 7.31. The molecule has 10 heteroatoms. The number of pyridine rings is 1. The lowest BCUT2D eigenvalue weighted by atomic mass is 10.1. The molecule has 0 radical (unpaired) electrons. The van der Waals surface area contributed by atoms with Gasteiger partial charge in [0, 0.05) is 30.5 Å². The van der Waals surface area contributed by atoms with Crippen molar-refractivity contribution < 1.29 is 14.3 Å². The number of nitrogens with zero attached hydrogens (tertiary/aromatic N) is 5. The topological polar surface area (TPSA) is 115 Å². The van der Waals surface area contributed by atoms with Crippen LogP contribution in [0.5, 0.6) is 0 Å². The molecule has 0 saturated carbocycles. The molecule has 3 heterocycles.